The van der Waals surface area contributed by atoms with Crippen LogP contribution in [0.5, 0.6) is 0 Å². The lowest BCUT2D eigenvalue weighted by molar-refractivity contribution is 0.0934. The highest BCUT2D eigenvalue weighted by atomic mass is 16.5. The van der Waals surface area contributed by atoms with Gasteiger partial charge >= 0.3 is 0 Å². The molecule has 0 radical (unpaired) electrons. The Morgan fingerprint density at radius 3 is 2.66 bits per heavy atom. The molecule has 1 aliphatic rings. The van der Waals surface area contributed by atoms with Crippen LogP contribution in [0.1, 0.15) is 59.5 Å². The first-order chi connectivity index (χ1) is 15.4. The summed E-state index contributed by atoms with van der Waals surface area (Å²) in [5, 5.41) is 2.95. The third kappa shape index (κ3) is 5.56. The number of ether oxygens (including phenoxy) is 1. The molecule has 1 aromatic carbocycles. The fraction of sp³-hybridized carbons (Fsp3) is 0.385. The summed E-state index contributed by atoms with van der Waals surface area (Å²) < 4.78 is 5.38. The van der Waals surface area contributed by atoms with Crippen molar-refractivity contribution in [2.75, 3.05) is 26.7 Å². The van der Waals surface area contributed by atoms with Crippen LogP contribution >= 0.6 is 0 Å². The number of rotatable bonds is 9. The zero-order valence-corrected chi connectivity index (χ0v) is 19.2. The highest BCUT2D eigenvalue weighted by Crippen LogP contribution is 2.28. The average molecular weight is 436 g/mol. The van der Waals surface area contributed by atoms with Gasteiger partial charge in [-0.05, 0) is 50.4 Å². The molecule has 0 bridgehead atoms. The van der Waals surface area contributed by atoms with Crippen LogP contribution in [0.2, 0.25) is 0 Å². The Morgan fingerprint density at radius 2 is 1.97 bits per heavy atom. The van der Waals surface area contributed by atoms with Crippen molar-refractivity contribution in [2.45, 2.75) is 39.2 Å². The second-order valence-corrected chi connectivity index (χ2v) is 8.25. The highest BCUT2D eigenvalue weighted by molar-refractivity contribution is 6.19. The lowest BCUT2D eigenvalue weighted by atomic mass is 9.93. The van der Waals surface area contributed by atoms with Crippen molar-refractivity contribution in [3.05, 3.63) is 77.3 Å². The number of hydrogen-bond acceptors (Lipinski definition) is 4. The molecule has 1 saturated heterocycles. The lowest BCUT2D eigenvalue weighted by Gasteiger charge is -2.33. The first-order valence-corrected chi connectivity index (χ1v) is 11.2. The Kier molecular flexibility index (Phi) is 8.06. The van der Waals surface area contributed by atoms with Crippen LogP contribution < -0.4 is 5.32 Å². The quantitative estimate of drug-likeness (QED) is 0.264. The van der Waals surface area contributed by atoms with Gasteiger partial charge in [-0.2, -0.15) is 0 Å². The maximum atomic E-state index is 13.3. The number of hydrogen-bond donors (Lipinski definition) is 2. The molecule has 6 nitrogen and oxygen atoms in total. The molecule has 1 amide bonds. The molecule has 0 spiro atoms. The number of likely N-dealkylation sites (tertiary alicyclic amines) is 1. The van der Waals surface area contributed by atoms with Crippen molar-refractivity contribution in [1.29, 1.82) is 0 Å². The van der Waals surface area contributed by atoms with E-state index in [0.29, 0.717) is 40.7 Å². The lowest BCUT2D eigenvalue weighted by Crippen LogP contribution is -2.42. The van der Waals surface area contributed by atoms with Crippen LogP contribution in [0.4, 0.5) is 0 Å². The number of H-pyrrole nitrogens is 1. The van der Waals surface area contributed by atoms with Gasteiger partial charge in [-0.25, -0.2) is 0 Å². The molecule has 32 heavy (non-hydrogen) atoms. The number of piperidine rings is 1. The highest BCUT2D eigenvalue weighted by Gasteiger charge is 2.23. The first-order valence-electron chi connectivity index (χ1n) is 11.2. The molecule has 1 fully saturated rings. The molecule has 3 rings (SSSR count). The van der Waals surface area contributed by atoms with Crippen LogP contribution in [0, 0.1) is 0 Å². The summed E-state index contributed by atoms with van der Waals surface area (Å²) in [7, 11) is 1.53. The minimum Gasteiger partial charge on any atom is -0.501 e. The Labute approximate surface area is 190 Å². The molecule has 6 heteroatoms. The number of amides is 1. The molecule has 0 saturated carbocycles. The van der Waals surface area contributed by atoms with E-state index in [1.807, 2.05) is 30.3 Å². The van der Waals surface area contributed by atoms with E-state index in [4.69, 9.17) is 4.74 Å². The van der Waals surface area contributed by atoms with Crippen molar-refractivity contribution in [3.8, 4) is 0 Å². The first kappa shape index (κ1) is 23.5. The van der Waals surface area contributed by atoms with E-state index in [1.54, 1.807) is 19.2 Å². The van der Waals surface area contributed by atoms with Gasteiger partial charge in [0.15, 0.2) is 5.78 Å². The van der Waals surface area contributed by atoms with E-state index < -0.39 is 0 Å². The van der Waals surface area contributed by atoms with Gasteiger partial charge in [0.25, 0.3) is 5.91 Å². The van der Waals surface area contributed by atoms with Crippen molar-refractivity contribution < 1.29 is 14.3 Å². The van der Waals surface area contributed by atoms with E-state index >= 15 is 0 Å². The number of nitrogens with one attached hydrogen (secondary N) is 2. The predicted molar refractivity (Wildman–Crippen MR) is 128 cm³/mol. The smallest absolute Gasteiger partial charge is 0.267 e. The maximum absolute atomic E-state index is 13.3. The van der Waals surface area contributed by atoms with E-state index in [-0.39, 0.29) is 11.7 Å². The van der Waals surface area contributed by atoms with Crippen LogP contribution in [0.3, 0.4) is 0 Å². The molecular formula is C26H33N3O3. The van der Waals surface area contributed by atoms with Gasteiger partial charge in [0.1, 0.15) is 11.5 Å². The number of carbonyl (C=O) groups excluding carboxylic acids is 2. The second kappa shape index (κ2) is 11.0. The fourth-order valence-corrected chi connectivity index (χ4v) is 4.09. The largest absolute Gasteiger partial charge is 0.501 e. The molecule has 1 aliphatic heterocycles. The third-order valence-corrected chi connectivity index (χ3v) is 6.12. The number of carbonyl (C=O) groups is 2. The topological polar surface area (TPSA) is 74.4 Å². The molecular weight excluding hydrogens is 402 g/mol. The van der Waals surface area contributed by atoms with Crippen molar-refractivity contribution in [1.82, 2.24) is 15.2 Å². The average Bonchev–Trinajstić information content (AvgIpc) is 3.31. The zero-order valence-electron chi connectivity index (χ0n) is 19.2. The summed E-state index contributed by atoms with van der Waals surface area (Å²) in [5.74, 6) is 0.0203. The van der Waals surface area contributed by atoms with Crippen LogP contribution in [0.15, 0.2) is 60.5 Å². The number of methoxy groups -OCH3 is 1. The summed E-state index contributed by atoms with van der Waals surface area (Å²) in [6, 6.07) is 11.6. The van der Waals surface area contributed by atoms with Crippen LogP contribution in [-0.4, -0.2) is 54.4 Å². The molecule has 2 heterocycles. The number of Topliss-reactive ketones (excluding diaryl/α,β-unsaturated/α-hetero) is 1. The van der Waals surface area contributed by atoms with Gasteiger partial charge in [-0.1, -0.05) is 43.3 Å². The van der Waals surface area contributed by atoms with Crippen molar-refractivity contribution in [3.63, 3.8) is 0 Å². The SMILES string of the molecule is C=C(/C(C(=O)c1c[nH]c(C(=O)NCCN2CCCCC2C)c1)=C(/C)OC)c1ccccc1. The summed E-state index contributed by atoms with van der Waals surface area (Å²) in [5.41, 5.74) is 2.57. The fourth-order valence-electron chi connectivity index (χ4n) is 4.09. The predicted octanol–water partition coefficient (Wildman–Crippen LogP) is 4.44. The maximum Gasteiger partial charge on any atom is 0.267 e. The molecule has 1 atom stereocenters. The minimum atomic E-state index is -0.240. The van der Waals surface area contributed by atoms with Gasteiger partial charge in [0.05, 0.1) is 12.7 Å². The zero-order chi connectivity index (χ0) is 23.1. The Bertz CT molecular complexity index is 991. The van der Waals surface area contributed by atoms with Gasteiger partial charge in [-0.15, -0.1) is 0 Å². The monoisotopic (exact) mass is 435 g/mol. The van der Waals surface area contributed by atoms with Crippen molar-refractivity contribution >= 4 is 17.3 Å². The van der Waals surface area contributed by atoms with E-state index in [0.717, 1.165) is 18.7 Å². The summed E-state index contributed by atoms with van der Waals surface area (Å²) in [4.78, 5) is 31.2. The van der Waals surface area contributed by atoms with Gasteiger partial charge in [-0.3, -0.25) is 14.5 Å². The normalized spacial score (nSPS) is 17.4. The number of aromatic nitrogens is 1. The van der Waals surface area contributed by atoms with Crippen LogP contribution in [0.25, 0.3) is 5.57 Å². The third-order valence-electron chi connectivity index (χ3n) is 6.12. The second-order valence-electron chi connectivity index (χ2n) is 8.25. The van der Waals surface area contributed by atoms with E-state index in [1.165, 1.54) is 26.4 Å². The Balaban J connectivity index is 1.67. The number of benzene rings is 1. The number of nitrogens with zero attached hydrogens (tertiary/aromatic N) is 1. The molecule has 0 aliphatic carbocycles. The summed E-state index contributed by atoms with van der Waals surface area (Å²) >= 11 is 0. The van der Waals surface area contributed by atoms with Gasteiger partial charge in [0.2, 0.25) is 0 Å². The van der Waals surface area contributed by atoms with Crippen molar-refractivity contribution in [2.24, 2.45) is 0 Å². The van der Waals surface area contributed by atoms with Crippen LogP contribution in [-0.2, 0) is 4.74 Å². The van der Waals surface area contributed by atoms with E-state index in [2.05, 4.69) is 28.7 Å². The van der Waals surface area contributed by atoms with Gasteiger partial charge < -0.3 is 15.0 Å². The Morgan fingerprint density at radius 1 is 1.22 bits per heavy atom. The number of allylic oxidation sites excluding steroid dienone is 3. The standard InChI is InChI=1S/C26H33N3O3/c1-18-10-8-9-14-29(18)15-13-27-26(31)23-16-22(17-28-23)25(30)24(20(3)32-4)19(2)21-11-6-5-7-12-21/h5-7,11-12,16-18,28H,2,8-10,13-15H2,1,3-4H3,(H,27,31)/b24-20+. The molecule has 2 N–H and O–H groups in total. The van der Waals surface area contributed by atoms with Gasteiger partial charge in [0, 0.05) is 30.9 Å². The molecule has 170 valence electrons. The number of ketones is 1. The Hall–Kier alpha value is -3.12. The van der Waals surface area contributed by atoms with E-state index in [9.17, 15) is 9.59 Å². The number of aromatic amines is 1. The minimum absolute atomic E-state index is 0.218. The summed E-state index contributed by atoms with van der Waals surface area (Å²) in [6.45, 7) is 10.6. The molecule has 1 aromatic heterocycles. The molecule has 1 unspecified atom stereocenters. The molecule has 2 aromatic rings. The summed E-state index contributed by atoms with van der Waals surface area (Å²) in [6.07, 6.45) is 5.26.